The van der Waals surface area contributed by atoms with Crippen molar-refractivity contribution in [3.05, 3.63) is 229 Å². The molecule has 0 saturated heterocycles. The van der Waals surface area contributed by atoms with Crippen LogP contribution in [-0.4, -0.2) is 134 Å². The van der Waals surface area contributed by atoms with Crippen LogP contribution in [0.2, 0.25) is 15.1 Å². The molecule has 0 aliphatic carbocycles. The topological polar surface area (TPSA) is 289 Å². The first-order valence-corrected chi connectivity index (χ1v) is 44.5. The molecule has 0 aromatic heterocycles. The Morgan fingerprint density at radius 1 is 0.446 bits per heavy atom. The van der Waals surface area contributed by atoms with Gasteiger partial charge < -0.3 is 64.6 Å². The number of sulfone groups is 3. The van der Waals surface area contributed by atoms with E-state index in [1.54, 1.807) is 42.5 Å². The van der Waals surface area contributed by atoms with Crippen LogP contribution in [0.25, 0.3) is 0 Å². The molecule has 0 saturated carbocycles. The van der Waals surface area contributed by atoms with Crippen LogP contribution in [0, 0.1) is 0 Å². The number of fused-ring (bicyclic) bond motifs is 3. The van der Waals surface area contributed by atoms with E-state index in [-0.39, 0.29) is 97.5 Å². The molecule has 9 aromatic rings. The number of aliphatic hydroxyl groups is 1. The van der Waals surface area contributed by atoms with Crippen molar-refractivity contribution in [3.8, 4) is 34.5 Å². The number of anilines is 6. The van der Waals surface area contributed by atoms with Gasteiger partial charge in [-0.1, -0.05) is 101 Å². The van der Waals surface area contributed by atoms with Gasteiger partial charge in [-0.25, -0.2) is 25.3 Å². The molecule has 3 atom stereocenters. The van der Waals surface area contributed by atoms with Gasteiger partial charge in [0.05, 0.1) is 72.5 Å². The SMILES string of the molecule is CCCOc1cc(Cl)ccc1C(Br)C(=O)N1CCc2ccc(C(F)(F)F)cc21.CCCOc1cc(Cl)ccc1C(Nc1cc(OC)cc(S(C)(=O)=O)c1)C(=O)N1CCc2ccc(C(F)(F)F)cc21.COc1cc(N)cc(S(C)(=O)=O)c1.COc1cc(NC(C(=O)N2CCc3ccc(C(F)(F)F)cc32)c2ccc(Cl)cc2OCCO)cc(S(C)(=O)=O)c1. The standard InChI is InChI=1S/C28H28ClF3N2O5S.C27H26ClF3N2O6S.C20H18BrClF3NO2.C8H11NO3S/c1-4-11-39-25-13-19(29)7-8-23(25)26(33-20-14-21(38-2)16-22(15-20)40(3,36)37)27(35)34-10-9-17-5-6-18(12-24(17)34)28(30,31)32;1-38-20-13-19(14-21(15-20)40(2,36)37)32-25(22-6-5-18(28)12-24(22)39-10-9-34)26(35)33-8-7-16-3-4-17(11-23(16)33)27(29,30)31;1-2-9-28-17-11-14(22)5-6-15(17)18(21)19(27)26-8-7-12-3-4-13(10-16(12)26)20(23,24)25;1-12-7-3-6(9)4-8(5-7)13(2,10)11/h5-8,12-16,26,33H,4,9-11H2,1-3H3;3-6,11-15,25,32,34H,7-10H2,1-2H3;3-6,10-11,18H,2,7-9H2,1H3;3-5H,9H2,1-2H3. The summed E-state index contributed by atoms with van der Waals surface area (Å²) in [5.74, 6) is 0.318. The Hall–Kier alpha value is -9.88. The summed E-state index contributed by atoms with van der Waals surface area (Å²) in [7, 11) is -6.34. The zero-order chi connectivity index (χ0) is 89.0. The Morgan fingerprint density at radius 3 is 1.08 bits per heavy atom. The highest BCUT2D eigenvalue weighted by atomic mass is 79.9. The maximum Gasteiger partial charge on any atom is 0.416 e. The molecule has 3 amide bonds. The maximum atomic E-state index is 14.2. The molecule has 5 N–H and O–H groups in total. The monoisotopic (exact) mass is 1870 g/mol. The van der Waals surface area contributed by atoms with Crippen LogP contribution in [0.4, 0.5) is 73.6 Å². The van der Waals surface area contributed by atoms with Gasteiger partial charge in [0.15, 0.2) is 29.5 Å². The number of methoxy groups -OCH3 is 3. The number of nitrogens with one attached hydrogen (secondary N) is 2. The third-order valence-corrected chi connectivity index (χ3v) is 23.7. The quantitative estimate of drug-likeness (QED) is 0.0235. The second-order valence-corrected chi connectivity index (χ2v) is 35.9. The van der Waals surface area contributed by atoms with E-state index < -0.39 is 93.5 Å². The number of benzene rings is 9. The number of nitrogens with zero attached hydrogens (tertiary/aromatic N) is 3. The molecule has 3 aliphatic heterocycles. The summed E-state index contributed by atoms with van der Waals surface area (Å²) in [5, 5.41) is 16.5. The molecule has 3 unspecified atom stereocenters. The maximum absolute atomic E-state index is 14.2. The fourth-order valence-corrected chi connectivity index (χ4v) is 16.0. The lowest BCUT2D eigenvalue weighted by atomic mass is 10.0. The third-order valence-electron chi connectivity index (χ3n) is 18.8. The van der Waals surface area contributed by atoms with E-state index in [1.807, 2.05) is 13.8 Å². The fourth-order valence-electron chi connectivity index (χ4n) is 12.9. The summed E-state index contributed by atoms with van der Waals surface area (Å²) in [4.78, 5) is 44.6. The number of carbonyl (C=O) groups excluding carboxylic acids is 3. The minimum absolute atomic E-state index is 0.0413. The predicted molar refractivity (Wildman–Crippen MR) is 448 cm³/mol. The minimum Gasteiger partial charge on any atom is -0.497 e. The van der Waals surface area contributed by atoms with Crippen LogP contribution < -0.4 is 59.5 Å². The number of hydrogen-bond acceptors (Lipinski definition) is 19. The van der Waals surface area contributed by atoms with Crippen LogP contribution in [0.1, 0.15) is 93.7 Å². The second kappa shape index (κ2) is 40.0. The van der Waals surface area contributed by atoms with Crippen molar-refractivity contribution in [2.75, 3.05) is 117 Å². The number of hydrogen-bond donors (Lipinski definition) is 4. The van der Waals surface area contributed by atoms with Gasteiger partial charge in [0.25, 0.3) is 11.8 Å². The summed E-state index contributed by atoms with van der Waals surface area (Å²) in [5.41, 5.74) is 7.53. The Kier molecular flexibility index (Phi) is 31.4. The van der Waals surface area contributed by atoms with Crippen molar-refractivity contribution in [2.24, 2.45) is 0 Å². The molecule has 3 aliphatic rings. The zero-order valence-electron chi connectivity index (χ0n) is 65.9. The molecule has 12 rings (SSSR count). The lowest BCUT2D eigenvalue weighted by Gasteiger charge is -2.28. The minimum atomic E-state index is -4.60. The Balaban J connectivity index is 0.000000194. The first kappa shape index (κ1) is 95.0. The first-order chi connectivity index (χ1) is 56.8. The Labute approximate surface area is 716 Å². The Bertz CT molecular complexity index is 5440. The highest BCUT2D eigenvalue weighted by Crippen LogP contribution is 2.45. The van der Waals surface area contributed by atoms with Gasteiger partial charge >= 0.3 is 18.5 Å². The number of rotatable bonds is 25. The van der Waals surface area contributed by atoms with Crippen LogP contribution >= 0.6 is 50.7 Å². The predicted octanol–water partition coefficient (Wildman–Crippen LogP) is 18.0. The number of alkyl halides is 10. The van der Waals surface area contributed by atoms with Crippen LogP contribution in [0.5, 0.6) is 34.5 Å². The van der Waals surface area contributed by atoms with E-state index in [0.29, 0.717) is 106 Å². The van der Waals surface area contributed by atoms with Gasteiger partial charge in [-0.3, -0.25) is 14.4 Å². The summed E-state index contributed by atoms with van der Waals surface area (Å²) in [6.07, 6.45) is -7.76. The molecule has 22 nitrogen and oxygen atoms in total. The van der Waals surface area contributed by atoms with Gasteiger partial charge in [0.2, 0.25) is 5.91 Å². The molecular formula is C83H83BrCl3F9N6O16S3. The van der Waals surface area contributed by atoms with Crippen molar-refractivity contribution < 1.29 is 113 Å². The van der Waals surface area contributed by atoms with E-state index in [9.17, 15) is 84.3 Å². The lowest BCUT2D eigenvalue weighted by Crippen LogP contribution is -2.37. The number of nitrogens with two attached hydrogens (primary N) is 1. The molecule has 0 spiro atoms. The summed E-state index contributed by atoms with van der Waals surface area (Å²) < 4.78 is 224. The summed E-state index contributed by atoms with van der Waals surface area (Å²) >= 11 is 21.8. The largest absolute Gasteiger partial charge is 0.497 e. The van der Waals surface area contributed by atoms with Crippen molar-refractivity contribution in [1.82, 2.24) is 0 Å². The number of ether oxygens (including phenoxy) is 6. The summed E-state index contributed by atoms with van der Waals surface area (Å²) in [6, 6.07) is 34.7. The van der Waals surface area contributed by atoms with Gasteiger partial charge in [0.1, 0.15) is 58.0 Å². The average Bonchev–Trinajstić information content (AvgIpc) is 1.67. The van der Waals surface area contributed by atoms with Crippen molar-refractivity contribution >= 4 is 132 Å². The van der Waals surface area contributed by atoms with Gasteiger partial charge in [0, 0.05) is 122 Å². The molecule has 38 heteroatoms. The number of nitrogen functional groups attached to an aromatic ring is 1. The second-order valence-electron chi connectivity index (χ2n) is 27.6. The van der Waals surface area contributed by atoms with Crippen molar-refractivity contribution in [2.45, 2.75) is 96.1 Å². The van der Waals surface area contributed by atoms with E-state index in [2.05, 4.69) is 26.6 Å². The first-order valence-electron chi connectivity index (χ1n) is 36.8. The highest BCUT2D eigenvalue weighted by Gasteiger charge is 2.41. The van der Waals surface area contributed by atoms with E-state index in [0.717, 1.165) is 67.1 Å². The van der Waals surface area contributed by atoms with E-state index in [1.165, 1.54) is 121 Å². The summed E-state index contributed by atoms with van der Waals surface area (Å²) in [6.45, 7) is 4.83. The van der Waals surface area contributed by atoms with E-state index >= 15 is 0 Å². The molecule has 121 heavy (non-hydrogen) atoms. The molecule has 650 valence electrons. The normalized spacial score (nSPS) is 13.9. The molecule has 0 radical (unpaired) electrons. The zero-order valence-corrected chi connectivity index (χ0v) is 72.2. The molecule has 3 heterocycles. The van der Waals surface area contributed by atoms with Crippen molar-refractivity contribution in [1.29, 1.82) is 0 Å². The highest BCUT2D eigenvalue weighted by molar-refractivity contribution is 9.09. The molecule has 0 bridgehead atoms. The van der Waals surface area contributed by atoms with Gasteiger partial charge in [-0.05, 0) is 158 Å². The van der Waals surface area contributed by atoms with Crippen LogP contribution in [-0.2, 0) is 81.7 Å². The van der Waals surface area contributed by atoms with Crippen LogP contribution in [0.3, 0.4) is 0 Å². The molecule has 9 aromatic carbocycles. The van der Waals surface area contributed by atoms with E-state index in [4.69, 9.17) is 69.0 Å². The van der Waals surface area contributed by atoms with Crippen molar-refractivity contribution in [3.63, 3.8) is 0 Å². The number of aliphatic hydroxyl groups excluding tert-OH is 1. The number of amides is 3. The molecular weight excluding hydrogens is 1790 g/mol. The number of carbonyl (C=O) groups is 3. The molecule has 0 fully saturated rings. The Morgan fingerprint density at radius 2 is 0.760 bits per heavy atom. The lowest BCUT2D eigenvalue weighted by molar-refractivity contribution is -0.138. The fraction of sp³-hybridized carbons (Fsp3) is 0.313. The average molecular weight is 1870 g/mol. The third kappa shape index (κ3) is 24.5. The smallest absolute Gasteiger partial charge is 0.416 e. The number of halogens is 13. The van der Waals surface area contributed by atoms with Crippen LogP contribution in [0.15, 0.2) is 178 Å². The van der Waals surface area contributed by atoms with Gasteiger partial charge in [-0.2, -0.15) is 39.5 Å². The van der Waals surface area contributed by atoms with Gasteiger partial charge in [-0.15, -0.1) is 0 Å².